The third-order valence-electron chi connectivity index (χ3n) is 4.00. The standard InChI is InChI=1S/C17H19N3O5S/c21-16-4-3-14(26(23,24)20-6-8-25-9-7-20)10-15(16)17(22)19-12-13-2-1-5-18-11-13/h1-5,10-11,21H,6-9,12H2,(H,19,22). The third kappa shape index (κ3) is 4.01. The van der Waals surface area contributed by atoms with Crippen LogP contribution in [0.3, 0.4) is 0 Å². The van der Waals surface area contributed by atoms with Crippen molar-refractivity contribution < 1.29 is 23.1 Å². The lowest BCUT2D eigenvalue weighted by atomic mass is 10.2. The highest BCUT2D eigenvalue weighted by Gasteiger charge is 2.27. The molecule has 2 N–H and O–H groups in total. The molecule has 0 atom stereocenters. The Bertz CT molecular complexity index is 881. The van der Waals surface area contributed by atoms with Crippen LogP contribution in [-0.4, -0.2) is 55.0 Å². The zero-order valence-corrected chi connectivity index (χ0v) is 14.8. The van der Waals surface area contributed by atoms with Crippen LogP contribution < -0.4 is 5.32 Å². The van der Waals surface area contributed by atoms with Crippen LogP contribution in [0.4, 0.5) is 0 Å². The molecule has 8 nitrogen and oxygen atoms in total. The second-order valence-corrected chi connectivity index (χ2v) is 7.68. The molecule has 1 aliphatic heterocycles. The summed E-state index contributed by atoms with van der Waals surface area (Å²) >= 11 is 0. The molecule has 0 unspecified atom stereocenters. The number of hydrogen-bond donors (Lipinski definition) is 2. The first-order valence-electron chi connectivity index (χ1n) is 8.06. The summed E-state index contributed by atoms with van der Waals surface area (Å²) in [6.07, 6.45) is 3.23. The first kappa shape index (κ1) is 18.3. The molecule has 138 valence electrons. The Kier molecular flexibility index (Phi) is 5.50. The number of phenolic OH excluding ortho intramolecular Hbond substituents is 1. The van der Waals surface area contributed by atoms with Gasteiger partial charge in [0.2, 0.25) is 10.0 Å². The molecule has 2 heterocycles. The van der Waals surface area contributed by atoms with Crippen LogP contribution >= 0.6 is 0 Å². The molecule has 26 heavy (non-hydrogen) atoms. The predicted octanol–water partition coefficient (Wildman–Crippen LogP) is 0.738. The number of aromatic hydroxyl groups is 1. The topological polar surface area (TPSA) is 109 Å². The van der Waals surface area contributed by atoms with Gasteiger partial charge in [-0.05, 0) is 29.8 Å². The Balaban J connectivity index is 1.79. The summed E-state index contributed by atoms with van der Waals surface area (Å²) < 4.78 is 31.9. The lowest BCUT2D eigenvalue weighted by Gasteiger charge is -2.26. The van der Waals surface area contributed by atoms with Crippen molar-refractivity contribution in [2.45, 2.75) is 11.4 Å². The molecule has 0 bridgehead atoms. The average molecular weight is 377 g/mol. The van der Waals surface area contributed by atoms with Crippen molar-refractivity contribution in [3.05, 3.63) is 53.9 Å². The monoisotopic (exact) mass is 377 g/mol. The number of phenols is 1. The Morgan fingerprint density at radius 1 is 1.27 bits per heavy atom. The molecule has 0 spiro atoms. The summed E-state index contributed by atoms with van der Waals surface area (Å²) in [5.74, 6) is -0.847. The van der Waals surface area contributed by atoms with Crippen molar-refractivity contribution in [1.82, 2.24) is 14.6 Å². The second kappa shape index (κ2) is 7.81. The van der Waals surface area contributed by atoms with E-state index in [9.17, 15) is 18.3 Å². The van der Waals surface area contributed by atoms with Crippen LogP contribution in [0.2, 0.25) is 0 Å². The summed E-state index contributed by atoms with van der Waals surface area (Å²) in [5, 5.41) is 12.6. The first-order valence-corrected chi connectivity index (χ1v) is 9.50. The fourth-order valence-electron chi connectivity index (χ4n) is 2.57. The van der Waals surface area contributed by atoms with Crippen molar-refractivity contribution in [2.75, 3.05) is 26.3 Å². The van der Waals surface area contributed by atoms with Gasteiger partial charge in [0.25, 0.3) is 5.91 Å². The van der Waals surface area contributed by atoms with E-state index in [-0.39, 0.29) is 35.8 Å². The van der Waals surface area contributed by atoms with Crippen molar-refractivity contribution >= 4 is 15.9 Å². The van der Waals surface area contributed by atoms with Gasteiger partial charge in [0, 0.05) is 32.0 Å². The number of nitrogens with one attached hydrogen (secondary N) is 1. The lowest BCUT2D eigenvalue weighted by molar-refractivity contribution is 0.0730. The summed E-state index contributed by atoms with van der Waals surface area (Å²) in [6, 6.07) is 7.24. The number of ether oxygens (including phenoxy) is 1. The minimum absolute atomic E-state index is 0.0382. The Morgan fingerprint density at radius 3 is 2.73 bits per heavy atom. The van der Waals surface area contributed by atoms with Crippen molar-refractivity contribution in [2.24, 2.45) is 0 Å². The van der Waals surface area contributed by atoms with E-state index in [4.69, 9.17) is 4.74 Å². The molecular weight excluding hydrogens is 358 g/mol. The molecule has 1 aromatic carbocycles. The molecule has 1 aliphatic rings. The number of aromatic nitrogens is 1. The zero-order valence-electron chi connectivity index (χ0n) is 14.0. The van der Waals surface area contributed by atoms with Gasteiger partial charge in [-0.1, -0.05) is 6.07 Å². The third-order valence-corrected chi connectivity index (χ3v) is 5.89. The molecule has 9 heteroatoms. The van der Waals surface area contributed by atoms with Crippen molar-refractivity contribution in [3.8, 4) is 5.75 Å². The SMILES string of the molecule is O=C(NCc1cccnc1)c1cc(S(=O)(=O)N2CCOCC2)ccc1O. The highest BCUT2D eigenvalue weighted by molar-refractivity contribution is 7.89. The number of morpholine rings is 1. The van der Waals surface area contributed by atoms with E-state index in [1.807, 2.05) is 0 Å². The summed E-state index contributed by atoms with van der Waals surface area (Å²) in [6.45, 7) is 1.38. The maximum absolute atomic E-state index is 12.7. The second-order valence-electron chi connectivity index (χ2n) is 5.74. The van der Waals surface area contributed by atoms with Gasteiger partial charge in [-0.2, -0.15) is 4.31 Å². The van der Waals surface area contributed by atoms with Crippen LogP contribution in [0, 0.1) is 0 Å². The number of pyridine rings is 1. The Labute approximate surface area is 151 Å². The molecule has 1 aromatic heterocycles. The van der Waals surface area contributed by atoms with Gasteiger partial charge in [-0.15, -0.1) is 0 Å². The van der Waals surface area contributed by atoms with E-state index in [0.717, 1.165) is 5.56 Å². The predicted molar refractivity (Wildman–Crippen MR) is 93.1 cm³/mol. The molecular formula is C17H19N3O5S. The van der Waals surface area contributed by atoms with Crippen LogP contribution in [0.15, 0.2) is 47.6 Å². The lowest BCUT2D eigenvalue weighted by Crippen LogP contribution is -2.40. The van der Waals surface area contributed by atoms with Gasteiger partial charge in [0.05, 0.1) is 23.7 Å². The number of carbonyl (C=O) groups excluding carboxylic acids is 1. The number of sulfonamides is 1. The van der Waals surface area contributed by atoms with E-state index in [1.54, 1.807) is 24.5 Å². The number of nitrogens with zero attached hydrogens (tertiary/aromatic N) is 2. The minimum Gasteiger partial charge on any atom is -0.507 e. The van der Waals surface area contributed by atoms with Crippen molar-refractivity contribution in [1.29, 1.82) is 0 Å². The molecule has 1 saturated heterocycles. The van der Waals surface area contributed by atoms with E-state index >= 15 is 0 Å². The van der Waals surface area contributed by atoms with Crippen LogP contribution in [0.1, 0.15) is 15.9 Å². The summed E-state index contributed by atoms with van der Waals surface area (Å²) in [4.78, 5) is 16.3. The molecule has 1 amide bonds. The fraction of sp³-hybridized carbons (Fsp3) is 0.294. The Hall–Kier alpha value is -2.49. The van der Waals surface area contributed by atoms with E-state index in [1.165, 1.54) is 22.5 Å². The molecule has 0 saturated carbocycles. The van der Waals surface area contributed by atoms with Crippen LogP contribution in [0.25, 0.3) is 0 Å². The molecule has 3 rings (SSSR count). The van der Waals surface area contributed by atoms with Gasteiger partial charge >= 0.3 is 0 Å². The smallest absolute Gasteiger partial charge is 0.255 e. The highest BCUT2D eigenvalue weighted by Crippen LogP contribution is 2.24. The number of rotatable bonds is 5. The Morgan fingerprint density at radius 2 is 2.04 bits per heavy atom. The number of carbonyl (C=O) groups is 1. The maximum Gasteiger partial charge on any atom is 0.255 e. The maximum atomic E-state index is 12.7. The van der Waals surface area contributed by atoms with Gasteiger partial charge in [-0.3, -0.25) is 9.78 Å². The molecule has 0 radical (unpaired) electrons. The minimum atomic E-state index is -3.75. The molecule has 2 aromatic rings. The number of hydrogen-bond acceptors (Lipinski definition) is 6. The summed E-state index contributed by atoms with van der Waals surface area (Å²) in [5.41, 5.74) is 0.695. The molecule has 1 fully saturated rings. The summed E-state index contributed by atoms with van der Waals surface area (Å²) in [7, 11) is -3.75. The van der Waals surface area contributed by atoms with E-state index in [2.05, 4.69) is 10.3 Å². The fourth-order valence-corrected chi connectivity index (χ4v) is 4.01. The largest absolute Gasteiger partial charge is 0.507 e. The normalized spacial score (nSPS) is 15.5. The van der Waals surface area contributed by atoms with Gasteiger partial charge in [-0.25, -0.2) is 8.42 Å². The van der Waals surface area contributed by atoms with Crippen molar-refractivity contribution in [3.63, 3.8) is 0 Å². The average Bonchev–Trinajstić information content (AvgIpc) is 2.68. The van der Waals surface area contributed by atoms with E-state index in [0.29, 0.717) is 13.2 Å². The molecule has 0 aliphatic carbocycles. The van der Waals surface area contributed by atoms with Crippen LogP contribution in [0.5, 0.6) is 5.75 Å². The zero-order chi connectivity index (χ0) is 18.6. The number of amides is 1. The van der Waals surface area contributed by atoms with Gasteiger partial charge < -0.3 is 15.2 Å². The van der Waals surface area contributed by atoms with Crippen LogP contribution in [-0.2, 0) is 21.3 Å². The highest BCUT2D eigenvalue weighted by atomic mass is 32.2. The van der Waals surface area contributed by atoms with Gasteiger partial charge in [0.15, 0.2) is 0 Å². The van der Waals surface area contributed by atoms with Gasteiger partial charge in [0.1, 0.15) is 5.75 Å². The quantitative estimate of drug-likeness (QED) is 0.795. The van der Waals surface area contributed by atoms with E-state index < -0.39 is 15.9 Å². The first-order chi connectivity index (χ1) is 12.5. The number of benzene rings is 1.